The number of hydrogen-bond donors (Lipinski definition) is 2. The van der Waals surface area contributed by atoms with Crippen molar-refractivity contribution in [1.29, 1.82) is 0 Å². The van der Waals surface area contributed by atoms with Crippen LogP contribution in [0.25, 0.3) is 0 Å². The Hall–Kier alpha value is -0.770. The van der Waals surface area contributed by atoms with Crippen LogP contribution in [0.5, 0.6) is 0 Å². The van der Waals surface area contributed by atoms with Crippen LogP contribution in [0.2, 0.25) is 5.02 Å². The minimum atomic E-state index is -0.345. The van der Waals surface area contributed by atoms with Crippen molar-refractivity contribution in [2.45, 2.75) is 32.9 Å². The molecule has 3 nitrogen and oxygen atoms in total. The van der Waals surface area contributed by atoms with E-state index in [4.69, 9.17) is 11.6 Å². The summed E-state index contributed by atoms with van der Waals surface area (Å²) < 4.78 is 0. The first-order valence-electron chi connectivity index (χ1n) is 6.43. The Morgan fingerprint density at radius 3 is 2.78 bits per heavy atom. The molecule has 1 rings (SSSR count). The van der Waals surface area contributed by atoms with Gasteiger partial charge in [0.05, 0.1) is 6.10 Å². The fraction of sp³-hybridized carbons (Fsp3) is 0.571. The molecule has 0 aliphatic carbocycles. The number of rotatable bonds is 7. The maximum atomic E-state index is 9.46. The average Bonchev–Trinajstić information content (AvgIpc) is 2.28. The van der Waals surface area contributed by atoms with Crippen LogP contribution < -0.4 is 10.2 Å². The van der Waals surface area contributed by atoms with E-state index >= 15 is 0 Å². The normalized spacial score (nSPS) is 12.5. The van der Waals surface area contributed by atoms with Crippen molar-refractivity contribution in [2.24, 2.45) is 0 Å². The Balaban J connectivity index is 2.81. The number of likely N-dealkylation sites (N-methyl/N-ethyl adjacent to an activating group) is 1. The lowest BCUT2D eigenvalue weighted by molar-refractivity contribution is 0.201. The largest absolute Gasteiger partial charge is 0.392 e. The second-order valence-corrected chi connectivity index (χ2v) is 5.12. The molecule has 18 heavy (non-hydrogen) atoms. The van der Waals surface area contributed by atoms with Crippen molar-refractivity contribution in [2.75, 3.05) is 25.0 Å². The lowest BCUT2D eigenvalue weighted by Crippen LogP contribution is -2.28. The third-order valence-electron chi connectivity index (χ3n) is 2.73. The van der Waals surface area contributed by atoms with E-state index in [0.717, 1.165) is 30.2 Å². The number of nitrogens with zero attached hydrogens (tertiary/aromatic N) is 1. The van der Waals surface area contributed by atoms with E-state index in [-0.39, 0.29) is 6.10 Å². The molecule has 0 aromatic heterocycles. The van der Waals surface area contributed by atoms with Gasteiger partial charge in [-0.05, 0) is 43.7 Å². The fourth-order valence-corrected chi connectivity index (χ4v) is 2.16. The molecule has 1 unspecified atom stereocenters. The summed E-state index contributed by atoms with van der Waals surface area (Å²) in [4.78, 5) is 2.06. The quantitative estimate of drug-likeness (QED) is 0.748. The molecule has 0 bridgehead atoms. The van der Waals surface area contributed by atoms with Crippen LogP contribution >= 0.6 is 11.6 Å². The maximum Gasteiger partial charge on any atom is 0.0686 e. The predicted octanol–water partition coefficient (Wildman–Crippen LogP) is 2.66. The summed E-state index contributed by atoms with van der Waals surface area (Å²) in [5.41, 5.74) is 2.28. The molecule has 0 spiro atoms. The number of aliphatic hydroxyl groups excluding tert-OH is 1. The summed E-state index contributed by atoms with van der Waals surface area (Å²) in [6.45, 7) is 6.34. The molecule has 0 heterocycles. The molecular formula is C14H23ClN2O. The van der Waals surface area contributed by atoms with Crippen molar-refractivity contribution < 1.29 is 5.11 Å². The highest BCUT2D eigenvalue weighted by Crippen LogP contribution is 2.23. The summed E-state index contributed by atoms with van der Waals surface area (Å²) in [6, 6.07) is 5.88. The summed E-state index contributed by atoms with van der Waals surface area (Å²) in [5.74, 6) is 0. The molecule has 2 N–H and O–H groups in total. The summed E-state index contributed by atoms with van der Waals surface area (Å²) in [5, 5.41) is 13.6. The van der Waals surface area contributed by atoms with Crippen molar-refractivity contribution in [3.8, 4) is 0 Å². The minimum absolute atomic E-state index is 0.345. The van der Waals surface area contributed by atoms with Gasteiger partial charge < -0.3 is 15.3 Å². The lowest BCUT2D eigenvalue weighted by Gasteiger charge is -2.24. The second kappa shape index (κ2) is 7.62. The van der Waals surface area contributed by atoms with Gasteiger partial charge in [-0.2, -0.15) is 0 Å². The zero-order chi connectivity index (χ0) is 13.5. The summed E-state index contributed by atoms with van der Waals surface area (Å²) in [7, 11) is 1.99. The van der Waals surface area contributed by atoms with Gasteiger partial charge in [-0.25, -0.2) is 0 Å². The Morgan fingerprint density at radius 2 is 2.17 bits per heavy atom. The molecular weight excluding hydrogens is 248 g/mol. The number of hydrogen-bond acceptors (Lipinski definition) is 3. The zero-order valence-corrected chi connectivity index (χ0v) is 12.2. The standard InChI is InChI=1S/C14H23ClN2O/c1-4-7-16-9-12-8-13(15)5-6-14(12)17(3)10-11(2)18/h5-6,8,11,16,18H,4,7,9-10H2,1-3H3. The third-order valence-corrected chi connectivity index (χ3v) is 2.97. The van der Waals surface area contributed by atoms with E-state index in [1.165, 1.54) is 5.56 Å². The van der Waals surface area contributed by atoms with Crippen LogP contribution in [-0.4, -0.2) is 31.3 Å². The molecule has 1 aromatic carbocycles. The lowest BCUT2D eigenvalue weighted by atomic mass is 10.1. The van der Waals surface area contributed by atoms with Gasteiger partial charge in [-0.3, -0.25) is 0 Å². The van der Waals surface area contributed by atoms with Gasteiger partial charge in [0, 0.05) is 30.8 Å². The van der Waals surface area contributed by atoms with Crippen LogP contribution in [0.4, 0.5) is 5.69 Å². The van der Waals surface area contributed by atoms with E-state index in [1.54, 1.807) is 6.92 Å². The van der Waals surface area contributed by atoms with Gasteiger partial charge >= 0.3 is 0 Å². The van der Waals surface area contributed by atoms with E-state index in [2.05, 4.69) is 17.1 Å². The molecule has 1 atom stereocenters. The van der Waals surface area contributed by atoms with Gasteiger partial charge in [0.25, 0.3) is 0 Å². The minimum Gasteiger partial charge on any atom is -0.392 e. The fourth-order valence-electron chi connectivity index (χ4n) is 1.96. The molecule has 0 saturated heterocycles. The number of anilines is 1. The van der Waals surface area contributed by atoms with Crippen molar-refractivity contribution in [1.82, 2.24) is 5.32 Å². The first-order valence-corrected chi connectivity index (χ1v) is 6.80. The van der Waals surface area contributed by atoms with Gasteiger partial charge in [0.1, 0.15) is 0 Å². The van der Waals surface area contributed by atoms with Crippen molar-refractivity contribution in [3.05, 3.63) is 28.8 Å². The average molecular weight is 271 g/mol. The highest BCUT2D eigenvalue weighted by molar-refractivity contribution is 6.30. The SMILES string of the molecule is CCCNCc1cc(Cl)ccc1N(C)CC(C)O. The molecule has 102 valence electrons. The maximum absolute atomic E-state index is 9.46. The molecule has 1 aromatic rings. The number of halogens is 1. The van der Waals surface area contributed by atoms with Crippen LogP contribution in [0.3, 0.4) is 0 Å². The van der Waals surface area contributed by atoms with Gasteiger partial charge in [0.15, 0.2) is 0 Å². The molecule has 4 heteroatoms. The summed E-state index contributed by atoms with van der Waals surface area (Å²) >= 11 is 6.04. The Kier molecular flexibility index (Phi) is 6.47. The summed E-state index contributed by atoms with van der Waals surface area (Å²) in [6.07, 6.45) is 0.765. The number of aliphatic hydroxyl groups is 1. The van der Waals surface area contributed by atoms with E-state index in [1.807, 2.05) is 25.2 Å². The Labute approximate surface area is 115 Å². The van der Waals surface area contributed by atoms with E-state index in [0.29, 0.717) is 6.54 Å². The van der Waals surface area contributed by atoms with Crippen molar-refractivity contribution in [3.63, 3.8) is 0 Å². The van der Waals surface area contributed by atoms with Gasteiger partial charge in [-0.15, -0.1) is 0 Å². The van der Waals surface area contributed by atoms with Crippen LogP contribution in [0.15, 0.2) is 18.2 Å². The van der Waals surface area contributed by atoms with Gasteiger partial charge in [-0.1, -0.05) is 18.5 Å². The first-order chi connectivity index (χ1) is 8.54. The smallest absolute Gasteiger partial charge is 0.0686 e. The molecule has 0 amide bonds. The highest BCUT2D eigenvalue weighted by atomic mass is 35.5. The second-order valence-electron chi connectivity index (χ2n) is 4.68. The highest BCUT2D eigenvalue weighted by Gasteiger charge is 2.09. The molecule has 0 aliphatic heterocycles. The molecule has 0 saturated carbocycles. The predicted molar refractivity (Wildman–Crippen MR) is 78.4 cm³/mol. The molecule has 0 fully saturated rings. The van der Waals surface area contributed by atoms with E-state index < -0.39 is 0 Å². The molecule has 0 radical (unpaired) electrons. The third kappa shape index (κ3) is 4.84. The topological polar surface area (TPSA) is 35.5 Å². The van der Waals surface area contributed by atoms with Crippen molar-refractivity contribution >= 4 is 17.3 Å². The molecule has 0 aliphatic rings. The first kappa shape index (κ1) is 15.3. The van der Waals surface area contributed by atoms with Gasteiger partial charge in [0.2, 0.25) is 0 Å². The van der Waals surface area contributed by atoms with Crippen LogP contribution in [0, 0.1) is 0 Å². The van der Waals surface area contributed by atoms with Crippen LogP contribution in [0.1, 0.15) is 25.8 Å². The number of benzene rings is 1. The van der Waals surface area contributed by atoms with Crippen LogP contribution in [-0.2, 0) is 6.54 Å². The van der Waals surface area contributed by atoms with E-state index in [9.17, 15) is 5.11 Å². The number of nitrogens with one attached hydrogen (secondary N) is 1. The monoisotopic (exact) mass is 270 g/mol. The Bertz CT molecular complexity index is 369. The Morgan fingerprint density at radius 1 is 1.44 bits per heavy atom. The zero-order valence-electron chi connectivity index (χ0n) is 11.4.